The van der Waals surface area contributed by atoms with Crippen molar-refractivity contribution in [2.75, 3.05) is 6.54 Å². The van der Waals surface area contributed by atoms with Crippen molar-refractivity contribution in [1.29, 1.82) is 0 Å². The average Bonchev–Trinajstić information content (AvgIpc) is 2.09. The molecule has 0 radical (unpaired) electrons. The Morgan fingerprint density at radius 2 is 1.75 bits per heavy atom. The van der Waals surface area contributed by atoms with Crippen molar-refractivity contribution >= 4 is 5.91 Å². The number of amides is 1. The summed E-state index contributed by atoms with van der Waals surface area (Å²) >= 11 is 0. The molecular weight excluding hydrogens is 237 g/mol. The minimum Gasteiger partial charge on any atom is -0.388 e. The monoisotopic (exact) mass is 247 g/mol. The summed E-state index contributed by atoms with van der Waals surface area (Å²) in [5, 5.41) is 10.8. The number of nitrogens with one attached hydrogen (secondary N) is 1. The second-order valence-corrected chi connectivity index (χ2v) is 3.83. The average molecular weight is 247 g/mol. The van der Waals surface area contributed by atoms with Gasteiger partial charge < -0.3 is 10.4 Å². The van der Waals surface area contributed by atoms with Gasteiger partial charge in [-0.25, -0.2) is 0 Å². The molecule has 2 N–H and O–H groups in total. The highest BCUT2D eigenvalue weighted by molar-refractivity contribution is 5.84. The molecular formula is C8H10F5NO2. The summed E-state index contributed by atoms with van der Waals surface area (Å²) in [5.41, 5.74) is -1.34. The summed E-state index contributed by atoms with van der Waals surface area (Å²) in [6.07, 6.45) is -4.70. The first-order chi connectivity index (χ1) is 7.08. The van der Waals surface area contributed by atoms with Gasteiger partial charge in [-0.15, -0.1) is 0 Å². The first-order valence-corrected chi connectivity index (χ1v) is 4.54. The lowest BCUT2D eigenvalue weighted by Crippen LogP contribution is -2.55. The maximum absolute atomic E-state index is 12.4. The lowest BCUT2D eigenvalue weighted by atomic mass is 9.80. The van der Waals surface area contributed by atoms with Crippen LogP contribution in [-0.4, -0.2) is 35.3 Å². The van der Waals surface area contributed by atoms with Crippen LogP contribution >= 0.6 is 0 Å². The van der Waals surface area contributed by atoms with Crippen LogP contribution in [-0.2, 0) is 4.79 Å². The van der Waals surface area contributed by atoms with Gasteiger partial charge in [0, 0.05) is 6.54 Å². The smallest absolute Gasteiger partial charge is 0.388 e. The SMILES string of the molecule is O=C(NCC1(O)CCC1)C(F)(F)C(F)(F)F. The Labute approximate surface area is 87.6 Å². The highest BCUT2D eigenvalue weighted by Gasteiger charge is 2.63. The molecule has 0 atom stereocenters. The van der Waals surface area contributed by atoms with Crippen LogP contribution in [0.2, 0.25) is 0 Å². The molecule has 1 fully saturated rings. The van der Waals surface area contributed by atoms with Crippen LogP contribution in [0.25, 0.3) is 0 Å². The van der Waals surface area contributed by atoms with Crippen LogP contribution in [0.3, 0.4) is 0 Å². The summed E-state index contributed by atoms with van der Waals surface area (Å²) in [7, 11) is 0. The van der Waals surface area contributed by atoms with E-state index >= 15 is 0 Å². The van der Waals surface area contributed by atoms with E-state index in [0.717, 1.165) is 0 Å². The van der Waals surface area contributed by atoms with Gasteiger partial charge in [0.05, 0.1) is 5.60 Å². The minimum absolute atomic E-state index is 0.283. The van der Waals surface area contributed by atoms with Gasteiger partial charge in [-0.05, 0) is 19.3 Å². The number of aliphatic hydroxyl groups is 1. The van der Waals surface area contributed by atoms with Gasteiger partial charge in [0.2, 0.25) is 0 Å². The second kappa shape index (κ2) is 3.83. The predicted molar refractivity (Wildman–Crippen MR) is 42.8 cm³/mol. The van der Waals surface area contributed by atoms with Gasteiger partial charge in [-0.1, -0.05) is 0 Å². The molecule has 94 valence electrons. The molecule has 0 aliphatic heterocycles. The number of carbonyl (C=O) groups excluding carboxylic acids is 1. The highest BCUT2D eigenvalue weighted by Crippen LogP contribution is 2.36. The van der Waals surface area contributed by atoms with Crippen molar-refractivity contribution in [3.63, 3.8) is 0 Å². The van der Waals surface area contributed by atoms with E-state index in [1.165, 1.54) is 5.32 Å². The van der Waals surface area contributed by atoms with Crippen molar-refractivity contribution in [3.05, 3.63) is 0 Å². The Balaban J connectivity index is 2.52. The van der Waals surface area contributed by atoms with Gasteiger partial charge in [-0.2, -0.15) is 22.0 Å². The number of carbonyl (C=O) groups is 1. The zero-order valence-corrected chi connectivity index (χ0v) is 8.07. The van der Waals surface area contributed by atoms with Crippen LogP contribution in [0.15, 0.2) is 0 Å². The molecule has 1 aliphatic carbocycles. The fourth-order valence-corrected chi connectivity index (χ4v) is 1.25. The Kier molecular flexibility index (Phi) is 3.15. The normalized spacial score (nSPS) is 20.1. The van der Waals surface area contributed by atoms with E-state index in [2.05, 4.69) is 0 Å². The summed E-state index contributed by atoms with van der Waals surface area (Å²) in [6.45, 7) is -0.586. The lowest BCUT2D eigenvalue weighted by Gasteiger charge is -2.36. The van der Waals surface area contributed by atoms with Crippen LogP contribution < -0.4 is 5.32 Å². The first-order valence-electron chi connectivity index (χ1n) is 4.54. The molecule has 0 aromatic carbocycles. The van der Waals surface area contributed by atoms with E-state index in [-0.39, 0.29) is 12.8 Å². The Morgan fingerprint density at radius 3 is 2.06 bits per heavy atom. The molecule has 16 heavy (non-hydrogen) atoms. The van der Waals surface area contributed by atoms with Crippen molar-refractivity contribution in [2.45, 2.75) is 37.0 Å². The first kappa shape index (κ1) is 13.1. The van der Waals surface area contributed by atoms with E-state index in [0.29, 0.717) is 6.42 Å². The number of halogens is 5. The van der Waals surface area contributed by atoms with E-state index in [4.69, 9.17) is 0 Å². The predicted octanol–water partition coefficient (Wildman–Crippen LogP) is 1.22. The summed E-state index contributed by atoms with van der Waals surface area (Å²) < 4.78 is 60.0. The number of rotatable bonds is 3. The Bertz CT molecular complexity index is 285. The maximum atomic E-state index is 12.4. The van der Waals surface area contributed by atoms with Gasteiger partial charge in [0.25, 0.3) is 5.91 Å². The molecule has 1 aliphatic rings. The molecule has 0 heterocycles. The zero-order valence-electron chi connectivity index (χ0n) is 8.07. The maximum Gasteiger partial charge on any atom is 0.463 e. The molecule has 1 rings (SSSR count). The molecule has 0 spiro atoms. The number of hydrogen-bond acceptors (Lipinski definition) is 2. The largest absolute Gasteiger partial charge is 0.463 e. The van der Waals surface area contributed by atoms with Gasteiger partial charge in [0.15, 0.2) is 0 Å². The lowest BCUT2D eigenvalue weighted by molar-refractivity contribution is -0.270. The molecule has 1 amide bonds. The quantitative estimate of drug-likeness (QED) is 0.736. The standard InChI is InChI=1S/C8H10F5NO2/c9-7(10,8(11,12)13)5(15)14-4-6(16)2-1-3-6/h16H,1-4H2,(H,14,15). The second-order valence-electron chi connectivity index (χ2n) is 3.83. The summed E-state index contributed by atoms with van der Waals surface area (Å²) in [4.78, 5) is 10.6. The fraction of sp³-hybridized carbons (Fsp3) is 0.875. The summed E-state index contributed by atoms with van der Waals surface area (Å²) in [5.74, 6) is -7.85. The highest BCUT2D eigenvalue weighted by atomic mass is 19.4. The minimum atomic E-state index is -5.92. The number of hydrogen-bond donors (Lipinski definition) is 2. The van der Waals surface area contributed by atoms with E-state index in [1.807, 2.05) is 0 Å². The van der Waals surface area contributed by atoms with Crippen molar-refractivity contribution in [3.8, 4) is 0 Å². The van der Waals surface area contributed by atoms with Crippen LogP contribution in [0.1, 0.15) is 19.3 Å². The molecule has 0 unspecified atom stereocenters. The Morgan fingerprint density at radius 1 is 1.25 bits per heavy atom. The molecule has 0 bridgehead atoms. The Hall–Kier alpha value is -0.920. The topological polar surface area (TPSA) is 49.3 Å². The van der Waals surface area contributed by atoms with E-state index in [1.54, 1.807) is 0 Å². The van der Waals surface area contributed by atoms with E-state index in [9.17, 15) is 31.9 Å². The van der Waals surface area contributed by atoms with Gasteiger partial charge in [0.1, 0.15) is 0 Å². The molecule has 3 nitrogen and oxygen atoms in total. The molecule has 8 heteroatoms. The van der Waals surface area contributed by atoms with Crippen molar-refractivity contribution < 1.29 is 31.9 Å². The summed E-state index contributed by atoms with van der Waals surface area (Å²) in [6, 6.07) is 0. The van der Waals surface area contributed by atoms with E-state index < -0.39 is 30.2 Å². The molecule has 1 saturated carbocycles. The van der Waals surface area contributed by atoms with Crippen LogP contribution in [0.4, 0.5) is 22.0 Å². The van der Waals surface area contributed by atoms with Gasteiger partial charge >= 0.3 is 12.1 Å². The molecule has 0 aromatic heterocycles. The zero-order chi connectivity index (χ0) is 12.6. The van der Waals surface area contributed by atoms with Crippen molar-refractivity contribution in [1.82, 2.24) is 5.32 Å². The third-order valence-corrected chi connectivity index (χ3v) is 2.50. The van der Waals surface area contributed by atoms with Gasteiger partial charge in [-0.3, -0.25) is 4.79 Å². The third kappa shape index (κ3) is 2.42. The number of alkyl halides is 5. The van der Waals surface area contributed by atoms with Crippen LogP contribution in [0, 0.1) is 0 Å². The third-order valence-electron chi connectivity index (χ3n) is 2.50. The van der Waals surface area contributed by atoms with Crippen molar-refractivity contribution in [2.24, 2.45) is 0 Å². The van der Waals surface area contributed by atoms with Crippen LogP contribution in [0.5, 0.6) is 0 Å². The molecule has 0 aromatic rings. The molecule has 0 saturated heterocycles. The fourth-order valence-electron chi connectivity index (χ4n) is 1.25.